The van der Waals surface area contributed by atoms with E-state index in [-0.39, 0.29) is 6.61 Å². The lowest BCUT2D eigenvalue weighted by Crippen LogP contribution is -2.68. The van der Waals surface area contributed by atoms with Gasteiger partial charge in [0.15, 0.2) is 0 Å². The summed E-state index contributed by atoms with van der Waals surface area (Å²) in [6, 6.07) is -2.14. The van der Waals surface area contributed by atoms with Crippen molar-refractivity contribution in [1.29, 1.82) is 0 Å². The summed E-state index contributed by atoms with van der Waals surface area (Å²) >= 11 is 0. The molecule has 1 fully saturated rings. The highest BCUT2D eigenvalue weighted by Crippen LogP contribution is 2.25. The average Bonchev–Trinajstić information content (AvgIpc) is 2.79. The molecule has 1 aliphatic heterocycles. The quantitative estimate of drug-likeness (QED) is 0.171. The van der Waals surface area contributed by atoms with Gasteiger partial charge in [-0.1, -0.05) is 0 Å². The normalized spacial score (nSPS) is 20.9. The van der Waals surface area contributed by atoms with Gasteiger partial charge in [-0.3, -0.25) is 19.9 Å². The van der Waals surface area contributed by atoms with E-state index in [2.05, 4.69) is 0 Å². The van der Waals surface area contributed by atoms with Crippen LogP contribution in [-0.2, 0) is 4.79 Å². The fraction of sp³-hybridized carbons (Fsp3) is 0.727. The molecule has 1 aliphatic rings. The molecule has 2 unspecified atom stereocenters. The Morgan fingerprint density at radius 3 is 2.17 bits per heavy atom. The van der Waals surface area contributed by atoms with E-state index < -0.39 is 56.5 Å². The molecular formula is C11H22N4O9. The van der Waals surface area contributed by atoms with E-state index in [1.807, 2.05) is 5.32 Å². The molecular weight excluding hydrogens is 332 g/mol. The van der Waals surface area contributed by atoms with Crippen LogP contribution in [0, 0.1) is 0 Å². The van der Waals surface area contributed by atoms with Crippen molar-refractivity contribution in [3.63, 3.8) is 0 Å². The molecule has 0 aromatic heterocycles. The van der Waals surface area contributed by atoms with Crippen LogP contribution in [0.4, 0.5) is 9.59 Å². The largest absolute Gasteiger partial charge is 0.394 e. The first-order chi connectivity index (χ1) is 11.3. The first-order valence-electron chi connectivity index (χ1n) is 6.67. The lowest BCUT2D eigenvalue weighted by Gasteiger charge is -2.40. The molecule has 0 spiro atoms. The summed E-state index contributed by atoms with van der Waals surface area (Å²) in [6.45, 7) is -2.46. The zero-order valence-electron chi connectivity index (χ0n) is 12.9. The van der Waals surface area contributed by atoms with E-state index in [0.717, 1.165) is 0 Å². The van der Waals surface area contributed by atoms with Crippen LogP contribution >= 0.6 is 0 Å². The molecule has 0 aromatic carbocycles. The van der Waals surface area contributed by atoms with Gasteiger partial charge in [-0.25, -0.2) is 9.59 Å². The van der Waals surface area contributed by atoms with E-state index in [9.17, 15) is 19.5 Å². The highest BCUT2D eigenvalue weighted by atomic mass is 16.3. The number of urea groups is 2. The molecule has 0 aromatic rings. The highest BCUT2D eigenvalue weighted by molar-refractivity contribution is 6.08. The van der Waals surface area contributed by atoms with Crippen LogP contribution in [0.2, 0.25) is 0 Å². The van der Waals surface area contributed by atoms with E-state index in [1.54, 1.807) is 5.32 Å². The number of hydrogen-bond donors (Lipinski definition) is 8. The molecule has 0 saturated carbocycles. The zero-order valence-corrected chi connectivity index (χ0v) is 12.9. The lowest BCUT2D eigenvalue weighted by atomic mass is 10.1. The van der Waals surface area contributed by atoms with Crippen LogP contribution in [0.1, 0.15) is 6.92 Å². The number of nitrogens with zero attached hydrogens (tertiary/aromatic N) is 2. The highest BCUT2D eigenvalue weighted by Gasteiger charge is 2.58. The fourth-order valence-electron chi connectivity index (χ4n) is 1.76. The maximum atomic E-state index is 11.8. The second-order valence-electron chi connectivity index (χ2n) is 4.54. The van der Waals surface area contributed by atoms with Gasteiger partial charge in [0.05, 0.1) is 19.3 Å². The molecule has 0 bridgehead atoms. The number of carbonyl (C=O) groups is 3. The van der Waals surface area contributed by atoms with Crippen LogP contribution < -0.4 is 10.6 Å². The van der Waals surface area contributed by atoms with E-state index in [0.29, 0.717) is 9.80 Å². The van der Waals surface area contributed by atoms with Crippen molar-refractivity contribution < 1.29 is 45.0 Å². The third kappa shape index (κ3) is 4.50. The van der Waals surface area contributed by atoms with E-state index >= 15 is 0 Å². The third-order valence-electron chi connectivity index (χ3n) is 2.97. The van der Waals surface area contributed by atoms with Crippen molar-refractivity contribution >= 4 is 18.0 Å². The number of aliphatic hydroxyl groups is 6. The van der Waals surface area contributed by atoms with Crippen LogP contribution in [0.15, 0.2) is 0 Å². The fourth-order valence-corrected chi connectivity index (χ4v) is 1.76. The SMILES string of the molecule is CC(O)CO.O=C(NCO)N(CO)C1(CO)C(=O)NC(=O)N1CO. The van der Waals surface area contributed by atoms with Gasteiger partial charge in [0.2, 0.25) is 5.66 Å². The van der Waals surface area contributed by atoms with Crippen LogP contribution in [0.5, 0.6) is 0 Å². The molecule has 24 heavy (non-hydrogen) atoms. The van der Waals surface area contributed by atoms with E-state index in [1.165, 1.54) is 6.92 Å². The Morgan fingerprint density at radius 2 is 1.83 bits per heavy atom. The number of carbonyl (C=O) groups excluding carboxylic acids is 3. The standard InChI is InChI=1S/C8H14N4O7.C3H8O2/c13-1-8(11(3-15)6(18)9-2-14)5(17)10-7(19)12(8)4-16;1-3(5)2-4/h13-16H,1-4H2,(H,9,18)(H,10,17,19);3-5H,2H2,1H3. The Kier molecular flexibility index (Phi) is 9.12. The summed E-state index contributed by atoms with van der Waals surface area (Å²) < 4.78 is 0. The number of amides is 5. The minimum atomic E-state index is -2.28. The molecule has 0 radical (unpaired) electrons. The Labute approximate surface area is 136 Å². The summed E-state index contributed by atoms with van der Waals surface area (Å²) in [5.74, 6) is -1.09. The first kappa shape index (κ1) is 22.0. The Morgan fingerprint density at radius 1 is 1.29 bits per heavy atom. The van der Waals surface area contributed by atoms with Crippen LogP contribution in [0.3, 0.4) is 0 Å². The second-order valence-corrected chi connectivity index (χ2v) is 4.54. The van der Waals surface area contributed by atoms with Gasteiger partial charge in [-0.15, -0.1) is 0 Å². The van der Waals surface area contributed by atoms with Gasteiger partial charge in [0.1, 0.15) is 20.2 Å². The van der Waals surface area contributed by atoms with Crippen molar-refractivity contribution in [3.05, 3.63) is 0 Å². The van der Waals surface area contributed by atoms with Crippen LogP contribution in [0.25, 0.3) is 0 Å². The molecule has 1 saturated heterocycles. The first-order valence-corrected chi connectivity index (χ1v) is 6.67. The number of hydrogen-bond acceptors (Lipinski definition) is 9. The summed E-state index contributed by atoms with van der Waals surface area (Å²) in [6.07, 6.45) is -0.560. The van der Waals surface area contributed by atoms with Gasteiger partial charge in [0.25, 0.3) is 5.91 Å². The maximum Gasteiger partial charge on any atom is 0.328 e. The molecule has 13 nitrogen and oxygen atoms in total. The molecule has 5 amide bonds. The average molecular weight is 354 g/mol. The van der Waals surface area contributed by atoms with Crippen molar-refractivity contribution in [3.8, 4) is 0 Å². The summed E-state index contributed by atoms with van der Waals surface area (Å²) in [5, 5.41) is 55.9. The Hall–Kier alpha value is -2.03. The number of rotatable bonds is 6. The Bertz CT molecular complexity index is 447. The minimum absolute atomic E-state index is 0.139. The Balaban J connectivity index is 0.000000922. The molecule has 1 rings (SSSR count). The predicted molar refractivity (Wildman–Crippen MR) is 75.6 cm³/mol. The summed E-state index contributed by atoms with van der Waals surface area (Å²) in [5.41, 5.74) is -2.28. The van der Waals surface area contributed by atoms with Crippen molar-refractivity contribution in [2.45, 2.75) is 18.7 Å². The van der Waals surface area contributed by atoms with Gasteiger partial charge in [-0.2, -0.15) is 0 Å². The third-order valence-corrected chi connectivity index (χ3v) is 2.97. The molecule has 8 N–H and O–H groups in total. The minimum Gasteiger partial charge on any atom is -0.394 e. The van der Waals surface area contributed by atoms with E-state index in [4.69, 9.17) is 25.5 Å². The van der Waals surface area contributed by atoms with Gasteiger partial charge < -0.3 is 36.0 Å². The van der Waals surface area contributed by atoms with Crippen molar-refractivity contribution in [2.75, 3.05) is 33.4 Å². The maximum absolute atomic E-state index is 11.8. The zero-order chi connectivity index (χ0) is 18.9. The van der Waals surface area contributed by atoms with Gasteiger partial charge >= 0.3 is 12.1 Å². The van der Waals surface area contributed by atoms with Gasteiger partial charge in [0, 0.05) is 0 Å². The lowest BCUT2D eigenvalue weighted by molar-refractivity contribution is -0.147. The number of imide groups is 1. The number of nitrogens with one attached hydrogen (secondary N) is 2. The predicted octanol–water partition coefficient (Wildman–Crippen LogP) is -4.55. The molecule has 1 heterocycles. The van der Waals surface area contributed by atoms with Crippen molar-refractivity contribution in [1.82, 2.24) is 20.4 Å². The number of aliphatic hydroxyl groups excluding tert-OH is 6. The molecule has 2 atom stereocenters. The topological polar surface area (TPSA) is 203 Å². The second kappa shape index (κ2) is 9.96. The summed E-state index contributed by atoms with van der Waals surface area (Å²) in [7, 11) is 0. The summed E-state index contributed by atoms with van der Waals surface area (Å²) in [4.78, 5) is 35.7. The van der Waals surface area contributed by atoms with Crippen LogP contribution in [-0.4, -0.2) is 104 Å². The van der Waals surface area contributed by atoms with Gasteiger partial charge in [-0.05, 0) is 6.92 Å². The van der Waals surface area contributed by atoms with Crippen molar-refractivity contribution in [2.24, 2.45) is 0 Å². The molecule has 13 heteroatoms. The smallest absolute Gasteiger partial charge is 0.328 e. The monoisotopic (exact) mass is 354 g/mol. The molecule has 0 aliphatic carbocycles. The molecule has 140 valence electrons.